The molecular weight excluding hydrogens is 204 g/mol. The smallest absolute Gasteiger partial charge is 0.379 e. The fourth-order valence-electron chi connectivity index (χ4n) is 1.12. The topological polar surface area (TPSA) is 43.4 Å². The summed E-state index contributed by atoms with van der Waals surface area (Å²) in [4.78, 5) is 22.2. The average molecular weight is 218 g/mol. The standard InChI is InChI=1S/C13H14O3/c1-3-16-13(15)12(14)9-8-11-6-4-10(2)5-7-11/h4-9H,3H2,1-2H3. The summed E-state index contributed by atoms with van der Waals surface area (Å²) in [6, 6.07) is 7.64. The third-order valence-corrected chi connectivity index (χ3v) is 1.98. The number of rotatable bonds is 4. The fraction of sp³-hybridized carbons (Fsp3) is 0.231. The molecule has 16 heavy (non-hydrogen) atoms. The van der Waals surface area contributed by atoms with Crippen molar-refractivity contribution in [1.29, 1.82) is 0 Å². The number of esters is 1. The minimum atomic E-state index is -0.814. The minimum absolute atomic E-state index is 0.211. The molecule has 0 amide bonds. The maximum atomic E-state index is 11.2. The molecule has 1 aromatic carbocycles. The number of aryl methyl sites for hydroxylation is 1. The first kappa shape index (κ1) is 12.2. The van der Waals surface area contributed by atoms with Crippen LogP contribution in [0, 0.1) is 6.92 Å². The number of ether oxygens (including phenoxy) is 1. The van der Waals surface area contributed by atoms with Crippen LogP contribution in [0.15, 0.2) is 30.3 Å². The Morgan fingerprint density at radius 3 is 2.44 bits per heavy atom. The Bertz CT molecular complexity index is 402. The van der Waals surface area contributed by atoms with Gasteiger partial charge < -0.3 is 4.74 Å². The molecular formula is C13H14O3. The molecule has 3 nitrogen and oxygen atoms in total. The number of carbonyl (C=O) groups is 2. The molecule has 0 saturated heterocycles. The number of hydrogen-bond donors (Lipinski definition) is 0. The lowest BCUT2D eigenvalue weighted by Crippen LogP contribution is -2.14. The van der Waals surface area contributed by atoms with Crippen molar-refractivity contribution in [2.24, 2.45) is 0 Å². The zero-order valence-corrected chi connectivity index (χ0v) is 9.40. The zero-order chi connectivity index (χ0) is 12.0. The Morgan fingerprint density at radius 1 is 1.25 bits per heavy atom. The molecule has 0 aromatic heterocycles. The van der Waals surface area contributed by atoms with E-state index in [4.69, 9.17) is 0 Å². The molecule has 0 bridgehead atoms. The van der Waals surface area contributed by atoms with Gasteiger partial charge in [0.1, 0.15) is 0 Å². The molecule has 0 spiro atoms. The summed E-state index contributed by atoms with van der Waals surface area (Å²) < 4.78 is 4.57. The highest BCUT2D eigenvalue weighted by Crippen LogP contribution is 2.04. The van der Waals surface area contributed by atoms with Gasteiger partial charge in [-0.2, -0.15) is 0 Å². The Hall–Kier alpha value is -1.90. The lowest BCUT2D eigenvalue weighted by atomic mass is 10.1. The van der Waals surface area contributed by atoms with Gasteiger partial charge in [0.25, 0.3) is 5.78 Å². The van der Waals surface area contributed by atoms with Gasteiger partial charge in [-0.15, -0.1) is 0 Å². The van der Waals surface area contributed by atoms with Crippen molar-refractivity contribution >= 4 is 17.8 Å². The highest BCUT2D eigenvalue weighted by atomic mass is 16.5. The quantitative estimate of drug-likeness (QED) is 0.442. The molecule has 0 fully saturated rings. The second-order valence-electron chi connectivity index (χ2n) is 3.33. The van der Waals surface area contributed by atoms with Crippen LogP contribution in [-0.2, 0) is 14.3 Å². The predicted octanol–water partition coefficient (Wildman–Crippen LogP) is 2.14. The maximum absolute atomic E-state index is 11.2. The van der Waals surface area contributed by atoms with Crippen LogP contribution < -0.4 is 0 Å². The van der Waals surface area contributed by atoms with E-state index in [1.54, 1.807) is 13.0 Å². The number of carbonyl (C=O) groups excluding carboxylic acids is 2. The summed E-state index contributed by atoms with van der Waals surface area (Å²) >= 11 is 0. The van der Waals surface area contributed by atoms with Gasteiger partial charge in [0.2, 0.25) is 0 Å². The third kappa shape index (κ3) is 3.69. The first-order chi connectivity index (χ1) is 7.63. The van der Waals surface area contributed by atoms with E-state index in [2.05, 4.69) is 4.74 Å². The SMILES string of the molecule is CCOC(=O)C(=O)C=Cc1ccc(C)cc1. The van der Waals surface area contributed by atoms with Crippen molar-refractivity contribution < 1.29 is 14.3 Å². The summed E-state index contributed by atoms with van der Waals surface area (Å²) in [5.41, 5.74) is 2.03. The van der Waals surface area contributed by atoms with Crippen LogP contribution in [0.5, 0.6) is 0 Å². The van der Waals surface area contributed by atoms with Crippen molar-refractivity contribution in [1.82, 2.24) is 0 Å². The molecule has 0 unspecified atom stereocenters. The lowest BCUT2D eigenvalue weighted by Gasteiger charge is -1.96. The molecule has 0 aliphatic carbocycles. The molecule has 1 aromatic rings. The lowest BCUT2D eigenvalue weighted by molar-refractivity contribution is -0.151. The number of benzene rings is 1. The molecule has 0 atom stereocenters. The van der Waals surface area contributed by atoms with Gasteiger partial charge in [-0.25, -0.2) is 4.79 Å². The summed E-state index contributed by atoms with van der Waals surface area (Å²) in [5, 5.41) is 0. The van der Waals surface area contributed by atoms with E-state index in [0.717, 1.165) is 11.1 Å². The summed E-state index contributed by atoms with van der Waals surface area (Å²) in [6.07, 6.45) is 2.82. The second-order valence-corrected chi connectivity index (χ2v) is 3.33. The summed E-state index contributed by atoms with van der Waals surface area (Å²) in [5.74, 6) is -1.45. The van der Waals surface area contributed by atoms with Crippen molar-refractivity contribution in [3.8, 4) is 0 Å². The third-order valence-electron chi connectivity index (χ3n) is 1.98. The van der Waals surface area contributed by atoms with Gasteiger partial charge in [0.15, 0.2) is 0 Å². The molecule has 84 valence electrons. The monoisotopic (exact) mass is 218 g/mol. The van der Waals surface area contributed by atoms with Gasteiger partial charge in [-0.3, -0.25) is 4.79 Å². The summed E-state index contributed by atoms with van der Waals surface area (Å²) in [7, 11) is 0. The maximum Gasteiger partial charge on any atom is 0.379 e. The van der Waals surface area contributed by atoms with Crippen molar-refractivity contribution in [2.45, 2.75) is 13.8 Å². The molecule has 0 heterocycles. The van der Waals surface area contributed by atoms with Crippen LogP contribution in [-0.4, -0.2) is 18.4 Å². The molecule has 0 aliphatic rings. The molecule has 0 radical (unpaired) electrons. The Morgan fingerprint density at radius 2 is 1.88 bits per heavy atom. The van der Waals surface area contributed by atoms with Crippen LogP contribution in [0.25, 0.3) is 6.08 Å². The molecule has 0 saturated carbocycles. The van der Waals surface area contributed by atoms with Crippen LogP contribution >= 0.6 is 0 Å². The van der Waals surface area contributed by atoms with E-state index in [-0.39, 0.29) is 6.61 Å². The zero-order valence-electron chi connectivity index (χ0n) is 9.40. The van der Waals surface area contributed by atoms with Crippen molar-refractivity contribution in [3.63, 3.8) is 0 Å². The molecule has 0 N–H and O–H groups in total. The molecule has 0 aliphatic heterocycles. The van der Waals surface area contributed by atoms with Crippen LogP contribution in [0.2, 0.25) is 0 Å². The number of hydrogen-bond acceptors (Lipinski definition) is 3. The van der Waals surface area contributed by atoms with E-state index in [1.165, 1.54) is 6.08 Å². The largest absolute Gasteiger partial charge is 0.460 e. The van der Waals surface area contributed by atoms with Crippen LogP contribution in [0.1, 0.15) is 18.1 Å². The van der Waals surface area contributed by atoms with E-state index < -0.39 is 11.8 Å². The molecule has 1 rings (SSSR count). The van der Waals surface area contributed by atoms with E-state index in [0.29, 0.717) is 0 Å². The first-order valence-electron chi connectivity index (χ1n) is 5.09. The van der Waals surface area contributed by atoms with Crippen LogP contribution in [0.4, 0.5) is 0 Å². The normalized spacial score (nSPS) is 10.4. The van der Waals surface area contributed by atoms with Crippen LogP contribution in [0.3, 0.4) is 0 Å². The highest BCUT2D eigenvalue weighted by molar-refractivity contribution is 6.39. The van der Waals surface area contributed by atoms with E-state index in [9.17, 15) is 9.59 Å². The van der Waals surface area contributed by atoms with E-state index >= 15 is 0 Å². The number of ketones is 1. The van der Waals surface area contributed by atoms with E-state index in [1.807, 2.05) is 31.2 Å². The Balaban J connectivity index is 2.63. The van der Waals surface area contributed by atoms with Gasteiger partial charge in [-0.1, -0.05) is 35.9 Å². The Kier molecular flexibility index (Phi) is 4.45. The van der Waals surface area contributed by atoms with Gasteiger partial charge in [0, 0.05) is 0 Å². The van der Waals surface area contributed by atoms with Gasteiger partial charge in [-0.05, 0) is 25.5 Å². The molecule has 3 heteroatoms. The fourth-order valence-corrected chi connectivity index (χ4v) is 1.12. The summed E-state index contributed by atoms with van der Waals surface area (Å²) in [6.45, 7) is 3.86. The van der Waals surface area contributed by atoms with Crippen molar-refractivity contribution in [3.05, 3.63) is 41.5 Å². The highest BCUT2D eigenvalue weighted by Gasteiger charge is 2.09. The van der Waals surface area contributed by atoms with Gasteiger partial charge in [0.05, 0.1) is 6.61 Å². The van der Waals surface area contributed by atoms with Crippen molar-refractivity contribution in [2.75, 3.05) is 6.61 Å². The second kappa shape index (κ2) is 5.85. The average Bonchev–Trinajstić information content (AvgIpc) is 2.28. The first-order valence-corrected chi connectivity index (χ1v) is 5.09. The predicted molar refractivity (Wildman–Crippen MR) is 61.9 cm³/mol. The Labute approximate surface area is 94.7 Å². The minimum Gasteiger partial charge on any atom is -0.460 e. The van der Waals surface area contributed by atoms with Gasteiger partial charge >= 0.3 is 5.97 Å².